The second-order valence-electron chi connectivity index (χ2n) is 2.49. The lowest BCUT2D eigenvalue weighted by atomic mass is 10.1. The van der Waals surface area contributed by atoms with Crippen molar-refractivity contribution in [2.24, 2.45) is 4.99 Å². The number of hydrogen-bond acceptors (Lipinski definition) is 3. The second kappa shape index (κ2) is 2.48. The third-order valence-electron chi connectivity index (χ3n) is 1.67. The summed E-state index contributed by atoms with van der Waals surface area (Å²) in [7, 11) is 0. The van der Waals surface area contributed by atoms with Crippen molar-refractivity contribution in [2.45, 2.75) is 0 Å². The number of aliphatic imine (C=N–C) groups is 1. The molecule has 1 aromatic heterocycles. The smallest absolute Gasteiger partial charge is 0.213 e. The highest BCUT2D eigenvalue weighted by Gasteiger charge is 2.14. The molecule has 60 valence electrons. The molecule has 0 spiro atoms. The van der Waals surface area contributed by atoms with Gasteiger partial charge in [-0.1, -0.05) is 0 Å². The highest BCUT2D eigenvalue weighted by Crippen LogP contribution is 2.11. The lowest BCUT2D eigenvalue weighted by Crippen LogP contribution is -2.13. The van der Waals surface area contributed by atoms with Crippen LogP contribution in [0.4, 0.5) is 4.39 Å². The van der Waals surface area contributed by atoms with Gasteiger partial charge in [0.25, 0.3) is 0 Å². The van der Waals surface area contributed by atoms with Crippen molar-refractivity contribution in [3.63, 3.8) is 0 Å². The molecule has 0 bridgehead atoms. The molecule has 0 aromatic carbocycles. The molecule has 12 heavy (non-hydrogen) atoms. The topological polar surface area (TPSA) is 42.3 Å². The molecular weight excluding hydrogens is 159 g/mol. The molecule has 0 amide bonds. The Morgan fingerprint density at radius 1 is 1.50 bits per heavy atom. The Bertz CT molecular complexity index is 373. The monoisotopic (exact) mass is 164 g/mol. The van der Waals surface area contributed by atoms with E-state index in [9.17, 15) is 9.18 Å². The van der Waals surface area contributed by atoms with Gasteiger partial charge >= 0.3 is 0 Å². The molecule has 0 atom stereocenters. The van der Waals surface area contributed by atoms with Crippen LogP contribution < -0.4 is 0 Å². The molecule has 0 saturated heterocycles. The zero-order chi connectivity index (χ0) is 8.55. The molecule has 1 aliphatic rings. The lowest BCUT2D eigenvalue weighted by molar-refractivity contribution is 0.1000. The van der Waals surface area contributed by atoms with E-state index in [0.29, 0.717) is 11.1 Å². The second-order valence-corrected chi connectivity index (χ2v) is 2.49. The number of aromatic nitrogens is 1. The van der Waals surface area contributed by atoms with Crippen molar-refractivity contribution < 1.29 is 9.18 Å². The first-order valence-electron chi connectivity index (χ1n) is 3.46. The number of carbonyl (C=O) groups is 1. The average Bonchev–Trinajstić information content (AvgIpc) is 2.07. The van der Waals surface area contributed by atoms with Gasteiger partial charge in [-0.2, -0.15) is 4.39 Å². The minimum absolute atomic E-state index is 0.108. The fourth-order valence-corrected chi connectivity index (χ4v) is 1.10. The minimum atomic E-state index is -0.627. The Morgan fingerprint density at radius 3 is 3.17 bits per heavy atom. The van der Waals surface area contributed by atoms with Gasteiger partial charge in [0, 0.05) is 29.6 Å². The van der Waals surface area contributed by atoms with E-state index in [1.807, 2.05) is 0 Å². The summed E-state index contributed by atoms with van der Waals surface area (Å²) in [4.78, 5) is 18.3. The Balaban J connectivity index is 2.63. The molecule has 4 heteroatoms. The summed E-state index contributed by atoms with van der Waals surface area (Å²) in [6, 6.07) is 1.14. The number of halogens is 1. The van der Waals surface area contributed by atoms with Crippen molar-refractivity contribution in [2.75, 3.05) is 6.54 Å². The molecule has 3 nitrogen and oxygen atoms in total. The van der Waals surface area contributed by atoms with E-state index >= 15 is 0 Å². The number of rotatable bonds is 0. The van der Waals surface area contributed by atoms with Crippen molar-refractivity contribution >= 4 is 12.0 Å². The van der Waals surface area contributed by atoms with Crippen LogP contribution >= 0.6 is 0 Å². The highest BCUT2D eigenvalue weighted by atomic mass is 19.1. The van der Waals surface area contributed by atoms with Gasteiger partial charge in [-0.3, -0.25) is 9.79 Å². The van der Waals surface area contributed by atoms with Crippen LogP contribution in [-0.4, -0.2) is 23.5 Å². The van der Waals surface area contributed by atoms with Gasteiger partial charge in [0.2, 0.25) is 5.95 Å². The Kier molecular flexibility index (Phi) is 1.46. The van der Waals surface area contributed by atoms with Crippen LogP contribution in [0.25, 0.3) is 0 Å². The van der Waals surface area contributed by atoms with Crippen LogP contribution in [0.5, 0.6) is 0 Å². The summed E-state index contributed by atoms with van der Waals surface area (Å²) in [5.74, 6) is -0.786. The van der Waals surface area contributed by atoms with E-state index in [1.54, 1.807) is 0 Å². The largest absolute Gasteiger partial charge is 0.292 e. The SMILES string of the molecule is O=C1CN=Cc2cnc(F)cc21. The van der Waals surface area contributed by atoms with Gasteiger partial charge < -0.3 is 0 Å². The van der Waals surface area contributed by atoms with Crippen LogP contribution in [0.15, 0.2) is 17.3 Å². The van der Waals surface area contributed by atoms with Gasteiger partial charge in [-0.25, -0.2) is 4.98 Å². The maximum absolute atomic E-state index is 12.6. The molecular formula is C8H5FN2O. The van der Waals surface area contributed by atoms with E-state index in [0.717, 1.165) is 6.07 Å². The summed E-state index contributed by atoms with van der Waals surface area (Å²) in [5, 5.41) is 0. The summed E-state index contributed by atoms with van der Waals surface area (Å²) in [6.07, 6.45) is 2.84. The van der Waals surface area contributed by atoms with Crippen LogP contribution in [0.3, 0.4) is 0 Å². The molecule has 0 saturated carbocycles. The third kappa shape index (κ3) is 1.01. The summed E-state index contributed by atoms with van der Waals surface area (Å²) >= 11 is 0. The first kappa shape index (κ1) is 7.09. The maximum atomic E-state index is 12.6. The predicted molar refractivity (Wildman–Crippen MR) is 41.0 cm³/mol. The number of hydrogen-bond donors (Lipinski definition) is 0. The van der Waals surface area contributed by atoms with Crippen molar-refractivity contribution in [1.82, 2.24) is 4.98 Å². The minimum Gasteiger partial charge on any atom is -0.292 e. The number of carbonyl (C=O) groups excluding carboxylic acids is 1. The van der Waals surface area contributed by atoms with Gasteiger partial charge in [0.15, 0.2) is 5.78 Å². The molecule has 1 aliphatic heterocycles. The quantitative estimate of drug-likeness (QED) is 0.533. The molecule has 1 aromatic rings. The van der Waals surface area contributed by atoms with Crippen molar-refractivity contribution in [1.29, 1.82) is 0 Å². The van der Waals surface area contributed by atoms with Crippen LogP contribution in [0.2, 0.25) is 0 Å². The van der Waals surface area contributed by atoms with E-state index in [1.165, 1.54) is 12.4 Å². The number of fused-ring (bicyclic) bond motifs is 1. The zero-order valence-electron chi connectivity index (χ0n) is 6.12. The van der Waals surface area contributed by atoms with Crippen molar-refractivity contribution in [3.05, 3.63) is 29.3 Å². The number of Topliss-reactive ketones (excluding diaryl/α,β-unsaturated/α-hetero) is 1. The zero-order valence-corrected chi connectivity index (χ0v) is 6.12. The molecule has 0 N–H and O–H groups in total. The molecule has 0 fully saturated rings. The van der Waals surface area contributed by atoms with E-state index < -0.39 is 5.95 Å². The third-order valence-corrected chi connectivity index (χ3v) is 1.67. The lowest BCUT2D eigenvalue weighted by Gasteiger charge is -2.06. The summed E-state index contributed by atoms with van der Waals surface area (Å²) in [5.41, 5.74) is 0.963. The molecule has 2 heterocycles. The highest BCUT2D eigenvalue weighted by molar-refractivity contribution is 6.07. The summed E-state index contributed by atoms with van der Waals surface area (Å²) in [6.45, 7) is 0.108. The van der Waals surface area contributed by atoms with Gasteiger partial charge in [-0.15, -0.1) is 0 Å². The summed E-state index contributed by atoms with van der Waals surface area (Å²) < 4.78 is 12.6. The van der Waals surface area contributed by atoms with E-state index in [4.69, 9.17) is 0 Å². The predicted octanol–water partition coefficient (Wildman–Crippen LogP) is 0.836. The molecule has 0 unspecified atom stereocenters. The fraction of sp³-hybridized carbons (Fsp3) is 0.125. The molecule has 0 aliphatic carbocycles. The van der Waals surface area contributed by atoms with Crippen LogP contribution in [0, 0.1) is 5.95 Å². The first-order valence-corrected chi connectivity index (χ1v) is 3.46. The number of ketones is 1. The molecule has 0 radical (unpaired) electrons. The normalized spacial score (nSPS) is 14.6. The fourth-order valence-electron chi connectivity index (χ4n) is 1.10. The van der Waals surface area contributed by atoms with Crippen LogP contribution in [0.1, 0.15) is 15.9 Å². The van der Waals surface area contributed by atoms with Crippen molar-refractivity contribution in [3.8, 4) is 0 Å². The first-order chi connectivity index (χ1) is 5.77. The Hall–Kier alpha value is -1.58. The maximum Gasteiger partial charge on any atom is 0.213 e. The standard InChI is InChI=1S/C8H5FN2O/c9-8-1-6-5(3-11-8)2-10-4-7(6)12/h1-3H,4H2. The van der Waals surface area contributed by atoms with E-state index in [-0.39, 0.29) is 12.3 Å². The van der Waals surface area contributed by atoms with E-state index in [2.05, 4.69) is 9.98 Å². The van der Waals surface area contributed by atoms with Gasteiger partial charge in [0.1, 0.15) is 6.54 Å². The Morgan fingerprint density at radius 2 is 2.33 bits per heavy atom. The average molecular weight is 164 g/mol. The van der Waals surface area contributed by atoms with Gasteiger partial charge in [-0.05, 0) is 0 Å². The van der Waals surface area contributed by atoms with Gasteiger partial charge in [0.05, 0.1) is 0 Å². The number of nitrogens with zero attached hydrogens (tertiary/aromatic N) is 2. The van der Waals surface area contributed by atoms with Crippen LogP contribution in [-0.2, 0) is 0 Å². The Labute approximate surface area is 68.0 Å². The molecule has 2 rings (SSSR count). The number of pyridine rings is 1.